The van der Waals surface area contributed by atoms with Crippen LogP contribution < -0.4 is 37.6 Å². The van der Waals surface area contributed by atoms with Crippen molar-refractivity contribution in [3.63, 3.8) is 0 Å². The second kappa shape index (κ2) is 26.3. The van der Waals surface area contributed by atoms with Gasteiger partial charge < -0.3 is 53.0 Å². The third kappa shape index (κ3) is 17.7. The molecule has 0 saturated carbocycles. The first-order valence-corrected chi connectivity index (χ1v) is 22.3. The average Bonchev–Trinajstić information content (AvgIpc) is 3.25. The zero-order chi connectivity index (χ0) is 46.6. The van der Waals surface area contributed by atoms with Gasteiger partial charge in [0.05, 0.1) is 0 Å². The van der Waals surface area contributed by atoms with Crippen molar-refractivity contribution in [3.05, 3.63) is 93.1 Å². The molecule has 0 aliphatic heterocycles. The molecule has 0 aliphatic rings. The number of hydrogen-bond acceptors (Lipinski definition) is 11. The molecule has 3 aromatic carbocycles. The molecule has 3 aromatic rings. The van der Waals surface area contributed by atoms with Gasteiger partial charge in [-0.15, -0.1) is 0 Å². The molecule has 0 aliphatic carbocycles. The quantitative estimate of drug-likeness (QED) is 0.0331. The zero-order valence-corrected chi connectivity index (χ0v) is 38.5. The van der Waals surface area contributed by atoms with Gasteiger partial charge in [-0.3, -0.25) is 28.8 Å². The Labute approximate surface area is 386 Å². The maximum absolute atomic E-state index is 14.3. The minimum atomic E-state index is -1.40. The predicted molar refractivity (Wildman–Crippen MR) is 248 cm³/mol. The standard InChI is InChI=1S/C44H58IN7O10S/c1-4-25(2)38(52-42(59)37(24-63)47-26(3)53)43(60)50-35(22-28-10-16-31(54)17-11-28)40(57)48-33(7-5-6-20-46)39(56)49-34(21-27-8-14-30(45)15-9-27)41(58)51-36(44(61)62)23-29-12-18-32(55)19-13-29/h8-19,25,33-38,54-55,63H,4-7,20-24,46H2,1-3H3,(H,47,53)(H,48,57)(H,49,56)(H,50,60)(H,51,58)(H,52,59)(H,61,62)/t25-,33-,34-,35-,36-,37-,38-/m0/s1. The molecule has 0 spiro atoms. The van der Waals surface area contributed by atoms with Crippen LogP contribution in [-0.2, 0) is 52.8 Å². The second-order valence-electron chi connectivity index (χ2n) is 15.2. The number of thiol groups is 1. The van der Waals surface area contributed by atoms with Crippen LogP contribution >= 0.6 is 35.2 Å². The molecule has 0 radical (unpaired) electrons. The Kier molecular flexibility index (Phi) is 21.7. The van der Waals surface area contributed by atoms with Gasteiger partial charge in [-0.25, -0.2) is 4.79 Å². The molecule has 11 N–H and O–H groups in total. The molecule has 19 heteroatoms. The average molecular weight is 1000 g/mol. The number of amides is 6. The maximum Gasteiger partial charge on any atom is 0.326 e. The van der Waals surface area contributed by atoms with Crippen LogP contribution in [0, 0.1) is 9.49 Å². The topological polar surface area (TPSA) is 278 Å². The Hall–Kier alpha value is -5.41. The number of carbonyl (C=O) groups excluding carboxylic acids is 6. The lowest BCUT2D eigenvalue weighted by Crippen LogP contribution is -2.61. The first kappa shape index (κ1) is 51.9. The third-order valence-corrected chi connectivity index (χ3v) is 11.3. The SMILES string of the molecule is CC[C@H](C)[C@H](NC(=O)[C@H](CS)NC(C)=O)C(=O)N[C@@H](Cc1ccc(O)cc1)C(=O)N[C@@H](CCCCN)C(=O)N[C@@H](Cc1ccc(I)cc1)C(=O)N[C@@H](Cc1ccc(O)cc1)C(=O)O. The molecule has 342 valence electrons. The van der Waals surface area contributed by atoms with E-state index in [1.54, 1.807) is 31.2 Å². The highest BCUT2D eigenvalue weighted by Crippen LogP contribution is 2.16. The summed E-state index contributed by atoms with van der Waals surface area (Å²) >= 11 is 6.29. The van der Waals surface area contributed by atoms with E-state index in [1.165, 1.54) is 43.3 Å². The highest BCUT2D eigenvalue weighted by atomic mass is 127. The molecular weight excluding hydrogens is 945 g/mol. The molecule has 0 unspecified atom stereocenters. The van der Waals surface area contributed by atoms with Crippen LogP contribution in [0.5, 0.6) is 11.5 Å². The van der Waals surface area contributed by atoms with Crippen LogP contribution in [0.15, 0.2) is 72.8 Å². The summed E-state index contributed by atoms with van der Waals surface area (Å²) < 4.78 is 0.919. The van der Waals surface area contributed by atoms with Crippen LogP contribution in [-0.4, -0.2) is 105 Å². The van der Waals surface area contributed by atoms with Crippen LogP contribution in [0.1, 0.15) is 63.1 Å². The fourth-order valence-electron chi connectivity index (χ4n) is 6.45. The number of rotatable bonds is 25. The van der Waals surface area contributed by atoms with Gasteiger partial charge in [-0.05, 0) is 107 Å². The van der Waals surface area contributed by atoms with E-state index in [1.807, 2.05) is 19.1 Å². The van der Waals surface area contributed by atoms with Crippen molar-refractivity contribution in [2.45, 2.75) is 102 Å². The van der Waals surface area contributed by atoms with E-state index in [2.05, 4.69) is 67.1 Å². The number of nitrogens with two attached hydrogens (primary N) is 1. The second-order valence-corrected chi connectivity index (χ2v) is 16.9. The van der Waals surface area contributed by atoms with E-state index in [9.17, 15) is 48.9 Å². The number of aliphatic carboxylic acids is 1. The summed E-state index contributed by atoms with van der Waals surface area (Å²) in [4.78, 5) is 93.9. The molecule has 6 amide bonds. The molecule has 7 atom stereocenters. The normalized spacial score (nSPS) is 14.3. The fraction of sp³-hybridized carbons (Fsp3) is 0.432. The zero-order valence-electron chi connectivity index (χ0n) is 35.4. The van der Waals surface area contributed by atoms with E-state index in [0.29, 0.717) is 36.0 Å². The van der Waals surface area contributed by atoms with E-state index >= 15 is 0 Å². The molecule has 0 bridgehead atoms. The van der Waals surface area contributed by atoms with E-state index in [0.717, 1.165) is 3.57 Å². The van der Waals surface area contributed by atoms with E-state index in [-0.39, 0.29) is 49.5 Å². The Morgan fingerprint density at radius 1 is 0.603 bits per heavy atom. The summed E-state index contributed by atoms with van der Waals surface area (Å²) in [5.74, 6) is -6.02. The molecule has 3 rings (SSSR count). The summed E-state index contributed by atoms with van der Waals surface area (Å²) in [6, 6.07) is 11.5. The number of halogens is 1. The number of carbonyl (C=O) groups is 7. The highest BCUT2D eigenvalue weighted by molar-refractivity contribution is 14.1. The van der Waals surface area contributed by atoms with Gasteiger partial charge >= 0.3 is 5.97 Å². The molecule has 17 nitrogen and oxygen atoms in total. The van der Waals surface area contributed by atoms with Crippen molar-refractivity contribution in [1.29, 1.82) is 0 Å². The number of benzene rings is 3. The van der Waals surface area contributed by atoms with Crippen molar-refractivity contribution in [2.75, 3.05) is 12.3 Å². The summed E-state index contributed by atoms with van der Waals surface area (Å²) in [6.45, 7) is 5.08. The molecule has 0 saturated heterocycles. The van der Waals surface area contributed by atoms with Crippen LogP contribution in [0.3, 0.4) is 0 Å². The van der Waals surface area contributed by atoms with Crippen LogP contribution in [0.25, 0.3) is 0 Å². The van der Waals surface area contributed by atoms with Crippen molar-refractivity contribution < 1.29 is 48.9 Å². The minimum Gasteiger partial charge on any atom is -0.508 e. The van der Waals surface area contributed by atoms with E-state index < -0.39 is 83.6 Å². The van der Waals surface area contributed by atoms with Crippen molar-refractivity contribution in [3.8, 4) is 11.5 Å². The minimum absolute atomic E-state index is 0.0151. The van der Waals surface area contributed by atoms with Crippen molar-refractivity contribution in [2.24, 2.45) is 11.7 Å². The highest BCUT2D eigenvalue weighted by Gasteiger charge is 2.35. The molecular formula is C44H58IN7O10S. The van der Waals surface area contributed by atoms with Gasteiger partial charge in [0.1, 0.15) is 47.8 Å². The van der Waals surface area contributed by atoms with Gasteiger partial charge in [0, 0.05) is 35.5 Å². The fourth-order valence-corrected chi connectivity index (χ4v) is 7.06. The number of hydrogen-bond donors (Lipinski definition) is 11. The van der Waals surface area contributed by atoms with Gasteiger partial charge in [0.25, 0.3) is 0 Å². The summed E-state index contributed by atoms with van der Waals surface area (Å²) in [7, 11) is 0. The Morgan fingerprint density at radius 2 is 1.02 bits per heavy atom. The molecule has 0 aromatic heterocycles. The van der Waals surface area contributed by atoms with Gasteiger partial charge in [-0.1, -0.05) is 56.7 Å². The summed E-state index contributed by atoms with van der Waals surface area (Å²) in [5, 5.41) is 45.6. The monoisotopic (exact) mass is 1000 g/mol. The lowest BCUT2D eigenvalue weighted by Gasteiger charge is -2.29. The Morgan fingerprint density at radius 3 is 1.46 bits per heavy atom. The van der Waals surface area contributed by atoms with Gasteiger partial charge in [0.2, 0.25) is 35.4 Å². The number of aromatic hydroxyl groups is 2. The predicted octanol–water partition coefficient (Wildman–Crippen LogP) is 1.85. The first-order chi connectivity index (χ1) is 29.9. The first-order valence-electron chi connectivity index (χ1n) is 20.6. The smallest absolute Gasteiger partial charge is 0.326 e. The number of unbranched alkanes of at least 4 members (excludes halogenated alkanes) is 1. The largest absolute Gasteiger partial charge is 0.508 e. The maximum atomic E-state index is 14.3. The number of carboxylic acids is 1. The summed E-state index contributed by atoms with van der Waals surface area (Å²) in [5.41, 5.74) is 7.49. The number of nitrogens with one attached hydrogen (secondary N) is 6. The molecule has 63 heavy (non-hydrogen) atoms. The molecule has 0 heterocycles. The van der Waals surface area contributed by atoms with Crippen molar-refractivity contribution in [1.82, 2.24) is 31.9 Å². The van der Waals surface area contributed by atoms with E-state index in [4.69, 9.17) is 5.73 Å². The van der Waals surface area contributed by atoms with Crippen molar-refractivity contribution >= 4 is 76.6 Å². The third-order valence-electron chi connectivity index (χ3n) is 10.2. The Balaban J connectivity index is 1.95. The van der Waals surface area contributed by atoms with Crippen LogP contribution in [0.4, 0.5) is 0 Å². The lowest BCUT2D eigenvalue weighted by atomic mass is 9.96. The number of phenols is 2. The lowest BCUT2D eigenvalue weighted by molar-refractivity contribution is -0.142. The number of phenolic OH excluding ortho intramolecular Hbond substituents is 2. The summed E-state index contributed by atoms with van der Waals surface area (Å²) in [6.07, 6.45) is 1.13. The number of carboxylic acid groups (broad SMARTS) is 1. The van der Waals surface area contributed by atoms with Gasteiger partial charge in [0.15, 0.2) is 0 Å². The molecule has 0 fully saturated rings. The Bertz CT molecular complexity index is 2010. The van der Waals surface area contributed by atoms with Gasteiger partial charge in [-0.2, -0.15) is 12.6 Å². The van der Waals surface area contributed by atoms with Crippen LogP contribution in [0.2, 0.25) is 0 Å².